The minimum absolute atomic E-state index is 0.365. The first-order chi connectivity index (χ1) is 10.7. The van der Waals surface area contributed by atoms with E-state index in [4.69, 9.17) is 11.6 Å². The fourth-order valence-electron chi connectivity index (χ4n) is 2.53. The second kappa shape index (κ2) is 7.21. The van der Waals surface area contributed by atoms with Gasteiger partial charge in [-0.15, -0.1) is 0 Å². The van der Waals surface area contributed by atoms with Crippen molar-refractivity contribution >= 4 is 32.7 Å². The maximum absolute atomic E-state index is 11.8. The molecule has 1 N–H and O–H groups in total. The van der Waals surface area contributed by atoms with Crippen molar-refractivity contribution in [1.82, 2.24) is 13.6 Å². The lowest BCUT2D eigenvalue weighted by atomic mass is 10.1. The Morgan fingerprint density at radius 1 is 1.30 bits per heavy atom. The molecule has 5 nitrogen and oxygen atoms in total. The van der Waals surface area contributed by atoms with E-state index in [2.05, 4.69) is 29.3 Å². The Morgan fingerprint density at radius 2 is 2.00 bits per heavy atom. The van der Waals surface area contributed by atoms with Crippen molar-refractivity contribution in [1.29, 1.82) is 0 Å². The minimum atomic E-state index is -3.39. The normalized spacial score (nSPS) is 12.7. The van der Waals surface area contributed by atoms with E-state index < -0.39 is 10.2 Å². The van der Waals surface area contributed by atoms with Gasteiger partial charge in [0.2, 0.25) is 0 Å². The maximum atomic E-state index is 11.8. The number of hydrogen-bond acceptors (Lipinski definition) is 2. The second-order valence-electron chi connectivity index (χ2n) is 6.29. The van der Waals surface area contributed by atoms with E-state index in [0.29, 0.717) is 23.9 Å². The molecule has 7 heteroatoms. The molecule has 0 saturated heterocycles. The summed E-state index contributed by atoms with van der Waals surface area (Å²) in [5.74, 6) is 0.518. The minimum Gasteiger partial charge on any atom is -0.347 e. The van der Waals surface area contributed by atoms with E-state index >= 15 is 0 Å². The van der Waals surface area contributed by atoms with E-state index in [1.165, 1.54) is 18.4 Å². The van der Waals surface area contributed by atoms with E-state index in [9.17, 15) is 8.42 Å². The number of nitrogens with one attached hydrogen (secondary N) is 1. The van der Waals surface area contributed by atoms with Crippen LogP contribution < -0.4 is 4.72 Å². The van der Waals surface area contributed by atoms with Gasteiger partial charge in [0.1, 0.15) is 0 Å². The molecule has 1 aromatic carbocycles. The third-order valence-corrected chi connectivity index (χ3v) is 5.41. The summed E-state index contributed by atoms with van der Waals surface area (Å²) >= 11 is 6.12. The molecule has 0 fully saturated rings. The monoisotopic (exact) mass is 357 g/mol. The summed E-state index contributed by atoms with van der Waals surface area (Å²) in [4.78, 5) is 0. The number of halogens is 1. The van der Waals surface area contributed by atoms with Crippen molar-refractivity contribution < 1.29 is 8.42 Å². The van der Waals surface area contributed by atoms with Gasteiger partial charge in [0.05, 0.1) is 0 Å². The number of rotatable bonds is 7. The predicted octanol–water partition coefficient (Wildman–Crippen LogP) is 2.89. The van der Waals surface area contributed by atoms with Crippen molar-refractivity contribution in [2.24, 2.45) is 5.92 Å². The number of benzene rings is 1. The van der Waals surface area contributed by atoms with Gasteiger partial charge in [0.25, 0.3) is 10.2 Å². The van der Waals surface area contributed by atoms with Gasteiger partial charge in [-0.05, 0) is 30.0 Å². The van der Waals surface area contributed by atoms with Gasteiger partial charge in [-0.25, -0.2) is 4.72 Å². The molecule has 0 amide bonds. The highest BCUT2D eigenvalue weighted by Crippen LogP contribution is 2.26. The summed E-state index contributed by atoms with van der Waals surface area (Å²) in [6.45, 7) is 5.60. The number of hydrogen-bond donors (Lipinski definition) is 1. The Bertz CT molecular complexity index is 782. The van der Waals surface area contributed by atoms with E-state index in [-0.39, 0.29) is 0 Å². The largest absolute Gasteiger partial charge is 0.347 e. The lowest BCUT2D eigenvalue weighted by Crippen LogP contribution is -2.36. The van der Waals surface area contributed by atoms with Crippen molar-refractivity contribution in [3.05, 3.63) is 35.0 Å². The average molecular weight is 358 g/mol. The molecule has 23 heavy (non-hydrogen) atoms. The standard InChI is InChI=1S/C16H24ClN3O2S/c1-12(2)10-20-11-13(7-8-18-23(21,22)19(3)4)15-6-5-14(17)9-16(15)20/h5-6,9,11-12,18H,7-8,10H2,1-4H3. The first-order valence-corrected chi connectivity index (χ1v) is 9.47. The number of fused-ring (bicyclic) bond motifs is 1. The van der Waals surface area contributed by atoms with Crippen molar-refractivity contribution in [3.8, 4) is 0 Å². The highest BCUT2D eigenvalue weighted by atomic mass is 35.5. The lowest BCUT2D eigenvalue weighted by Gasteiger charge is -2.11. The van der Waals surface area contributed by atoms with Crippen LogP contribution in [-0.2, 0) is 23.2 Å². The summed E-state index contributed by atoms with van der Waals surface area (Å²) in [6, 6.07) is 5.84. The van der Waals surface area contributed by atoms with Gasteiger partial charge in [-0.3, -0.25) is 0 Å². The van der Waals surface area contributed by atoms with Crippen LogP contribution in [0.2, 0.25) is 5.02 Å². The molecule has 0 aliphatic heterocycles. The molecular formula is C16H24ClN3O2S. The Balaban J connectivity index is 2.24. The van der Waals surface area contributed by atoms with Crippen LogP contribution >= 0.6 is 11.6 Å². The van der Waals surface area contributed by atoms with Gasteiger partial charge >= 0.3 is 0 Å². The average Bonchev–Trinajstić information content (AvgIpc) is 2.75. The molecule has 0 atom stereocenters. The van der Waals surface area contributed by atoms with E-state index in [1.54, 1.807) is 0 Å². The molecule has 0 aliphatic carbocycles. The molecule has 1 aromatic heterocycles. The summed E-state index contributed by atoms with van der Waals surface area (Å²) in [5, 5.41) is 1.83. The number of aromatic nitrogens is 1. The fourth-order valence-corrected chi connectivity index (χ4v) is 3.31. The van der Waals surface area contributed by atoms with Crippen LogP contribution in [-0.4, -0.2) is 37.9 Å². The SMILES string of the molecule is CC(C)Cn1cc(CCNS(=O)(=O)N(C)C)c2ccc(Cl)cc21. The van der Waals surface area contributed by atoms with Crippen LogP contribution in [0.5, 0.6) is 0 Å². The molecule has 1 heterocycles. The smallest absolute Gasteiger partial charge is 0.278 e. The molecule has 0 aliphatic rings. The molecule has 0 bridgehead atoms. The molecule has 0 spiro atoms. The zero-order chi connectivity index (χ0) is 17.2. The van der Waals surface area contributed by atoms with Crippen LogP contribution in [0.25, 0.3) is 10.9 Å². The van der Waals surface area contributed by atoms with Gasteiger partial charge in [0.15, 0.2) is 0 Å². The molecule has 128 valence electrons. The van der Waals surface area contributed by atoms with Crippen LogP contribution in [0, 0.1) is 5.92 Å². The zero-order valence-corrected chi connectivity index (χ0v) is 15.6. The Labute approximate surface area is 143 Å². The first kappa shape index (κ1) is 18.3. The van der Waals surface area contributed by atoms with Gasteiger partial charge in [-0.1, -0.05) is 31.5 Å². The van der Waals surface area contributed by atoms with E-state index in [1.807, 2.05) is 18.2 Å². The van der Waals surface area contributed by atoms with Gasteiger partial charge in [-0.2, -0.15) is 12.7 Å². The van der Waals surface area contributed by atoms with Crippen molar-refractivity contribution in [2.45, 2.75) is 26.8 Å². The summed E-state index contributed by atoms with van der Waals surface area (Å²) in [5.41, 5.74) is 2.22. The highest BCUT2D eigenvalue weighted by Gasteiger charge is 2.14. The Hall–Kier alpha value is -1.08. The van der Waals surface area contributed by atoms with Crippen molar-refractivity contribution in [3.63, 3.8) is 0 Å². The van der Waals surface area contributed by atoms with Crippen molar-refractivity contribution in [2.75, 3.05) is 20.6 Å². The molecular weight excluding hydrogens is 334 g/mol. The molecule has 2 rings (SSSR count). The third kappa shape index (κ3) is 4.47. The third-order valence-electron chi connectivity index (χ3n) is 3.65. The maximum Gasteiger partial charge on any atom is 0.278 e. The molecule has 0 unspecified atom stereocenters. The fraction of sp³-hybridized carbons (Fsp3) is 0.500. The van der Waals surface area contributed by atoms with Crippen LogP contribution in [0.15, 0.2) is 24.4 Å². The highest BCUT2D eigenvalue weighted by molar-refractivity contribution is 7.87. The van der Waals surface area contributed by atoms with Crippen LogP contribution in [0.4, 0.5) is 0 Å². The predicted molar refractivity (Wildman–Crippen MR) is 96.1 cm³/mol. The quantitative estimate of drug-likeness (QED) is 0.828. The first-order valence-electron chi connectivity index (χ1n) is 7.65. The summed E-state index contributed by atoms with van der Waals surface area (Å²) in [7, 11) is -0.360. The molecule has 2 aromatic rings. The zero-order valence-electron chi connectivity index (χ0n) is 14.0. The van der Waals surface area contributed by atoms with Crippen LogP contribution in [0.1, 0.15) is 19.4 Å². The summed E-state index contributed by atoms with van der Waals surface area (Å²) in [6.07, 6.45) is 2.74. The molecule has 0 radical (unpaired) electrons. The van der Waals surface area contributed by atoms with Gasteiger partial charge in [0, 0.05) is 49.3 Å². The van der Waals surface area contributed by atoms with E-state index in [0.717, 1.165) is 23.0 Å². The topological polar surface area (TPSA) is 54.3 Å². The Morgan fingerprint density at radius 3 is 2.61 bits per heavy atom. The number of nitrogens with zero attached hydrogens (tertiary/aromatic N) is 2. The summed E-state index contributed by atoms with van der Waals surface area (Å²) < 4.78 is 29.5. The molecule has 0 saturated carbocycles. The van der Waals surface area contributed by atoms with Crippen LogP contribution in [0.3, 0.4) is 0 Å². The second-order valence-corrected chi connectivity index (χ2v) is 8.70. The lowest BCUT2D eigenvalue weighted by molar-refractivity contribution is 0.506. The Kier molecular flexibility index (Phi) is 5.73. The van der Waals surface area contributed by atoms with Gasteiger partial charge < -0.3 is 4.57 Å².